The van der Waals surface area contributed by atoms with Gasteiger partial charge in [-0.2, -0.15) is 0 Å². The lowest BCUT2D eigenvalue weighted by atomic mass is 9.64. The molecule has 0 fully saturated rings. The molecule has 0 amide bonds. The molecule has 2 aliphatic rings. The van der Waals surface area contributed by atoms with E-state index in [4.69, 9.17) is 4.42 Å². The summed E-state index contributed by atoms with van der Waals surface area (Å²) in [7, 11) is -1.67. The number of nitrogens with zero attached hydrogens (tertiary/aromatic N) is 1. The summed E-state index contributed by atoms with van der Waals surface area (Å²) in [6.45, 7) is 11.2. The molecule has 1 spiro atoms. The normalized spacial score (nSPS) is 14.4. The lowest BCUT2D eigenvalue weighted by Crippen LogP contribution is -2.42. The maximum Gasteiger partial charge on any atom is 0.195 e. The molecule has 43 heavy (non-hydrogen) atoms. The standard InChI is InChI=1S/C39H33NO2Si/c1-24-14-17-35-33(20-24)39(31-12-8-6-10-28(31)29-11-7-9-13-32(29)39)34-22-27(43(3,4)5)16-18-36(34)40(35)26-15-19-37-30(21-26)38(41)25(2)23-42-37/h6-23H,1-5H3. The molecule has 3 nitrogen and oxygen atoms in total. The number of benzene rings is 5. The lowest BCUT2D eigenvalue weighted by Gasteiger charge is -2.45. The van der Waals surface area contributed by atoms with Crippen LogP contribution in [-0.2, 0) is 5.41 Å². The van der Waals surface area contributed by atoms with Gasteiger partial charge in [0.25, 0.3) is 0 Å². The van der Waals surface area contributed by atoms with Gasteiger partial charge in [0, 0.05) is 11.3 Å². The van der Waals surface area contributed by atoms with Crippen molar-refractivity contribution >= 4 is 41.3 Å². The summed E-state index contributed by atoms with van der Waals surface area (Å²) >= 11 is 0. The molecule has 8 rings (SSSR count). The predicted molar refractivity (Wildman–Crippen MR) is 180 cm³/mol. The zero-order chi connectivity index (χ0) is 29.7. The second-order valence-corrected chi connectivity index (χ2v) is 18.2. The molecule has 0 atom stereocenters. The Labute approximate surface area is 253 Å². The van der Waals surface area contributed by atoms with Crippen molar-refractivity contribution < 1.29 is 4.42 Å². The fourth-order valence-electron chi connectivity index (χ4n) is 7.37. The lowest BCUT2D eigenvalue weighted by molar-refractivity contribution is 0.597. The average Bonchev–Trinajstić information content (AvgIpc) is 3.30. The van der Waals surface area contributed by atoms with Gasteiger partial charge in [-0.05, 0) is 77.6 Å². The largest absolute Gasteiger partial charge is 0.464 e. The van der Waals surface area contributed by atoms with Crippen LogP contribution >= 0.6 is 0 Å². The third-order valence-corrected chi connectivity index (χ3v) is 11.5. The van der Waals surface area contributed by atoms with Crippen molar-refractivity contribution in [2.45, 2.75) is 38.9 Å². The fourth-order valence-corrected chi connectivity index (χ4v) is 8.53. The second kappa shape index (κ2) is 8.92. The highest BCUT2D eigenvalue weighted by Crippen LogP contribution is 2.63. The van der Waals surface area contributed by atoms with Crippen molar-refractivity contribution in [3.05, 3.63) is 153 Å². The van der Waals surface area contributed by atoms with E-state index in [0.29, 0.717) is 16.5 Å². The van der Waals surface area contributed by atoms with E-state index < -0.39 is 13.5 Å². The third kappa shape index (κ3) is 3.50. The molecule has 4 heteroatoms. The van der Waals surface area contributed by atoms with Gasteiger partial charge in [0.1, 0.15) is 5.58 Å². The molecular weight excluding hydrogens is 543 g/mol. The van der Waals surface area contributed by atoms with Crippen LogP contribution in [0.5, 0.6) is 0 Å². The summed E-state index contributed by atoms with van der Waals surface area (Å²) < 4.78 is 5.81. The molecule has 0 saturated heterocycles. The van der Waals surface area contributed by atoms with Crippen molar-refractivity contribution in [1.29, 1.82) is 0 Å². The Morgan fingerprint density at radius 1 is 0.674 bits per heavy atom. The van der Waals surface area contributed by atoms with Crippen LogP contribution < -0.4 is 15.5 Å². The Hall–Kier alpha value is -4.67. The van der Waals surface area contributed by atoms with E-state index in [1.807, 2.05) is 19.1 Å². The van der Waals surface area contributed by atoms with Gasteiger partial charge in [-0.15, -0.1) is 0 Å². The average molecular weight is 576 g/mol. The van der Waals surface area contributed by atoms with Crippen LogP contribution in [0, 0.1) is 13.8 Å². The molecular formula is C39H33NO2Si. The Bertz CT molecular complexity index is 2140. The van der Waals surface area contributed by atoms with Gasteiger partial charge in [-0.25, -0.2) is 0 Å². The van der Waals surface area contributed by atoms with Crippen LogP contribution in [0.15, 0.2) is 119 Å². The highest BCUT2D eigenvalue weighted by atomic mass is 28.3. The Balaban J connectivity index is 1.54. The van der Waals surface area contributed by atoms with E-state index in [0.717, 1.165) is 17.1 Å². The second-order valence-electron chi connectivity index (χ2n) is 13.1. The minimum atomic E-state index is -1.67. The van der Waals surface area contributed by atoms with Gasteiger partial charge >= 0.3 is 0 Å². The first-order valence-corrected chi connectivity index (χ1v) is 18.5. The molecule has 210 valence electrons. The van der Waals surface area contributed by atoms with Crippen molar-refractivity contribution in [2.75, 3.05) is 4.90 Å². The summed E-state index contributed by atoms with van der Waals surface area (Å²) in [6, 6.07) is 37.9. The van der Waals surface area contributed by atoms with E-state index in [2.05, 4.69) is 122 Å². The SMILES string of the molecule is Cc1ccc2c(c1)C1(c3ccccc3-c3ccccc31)c1cc([Si](C)(C)C)ccc1N2c1ccc2occ(C)c(=O)c2c1. The molecule has 0 bridgehead atoms. The van der Waals surface area contributed by atoms with Crippen molar-refractivity contribution in [3.8, 4) is 11.1 Å². The highest BCUT2D eigenvalue weighted by molar-refractivity contribution is 6.88. The summed E-state index contributed by atoms with van der Waals surface area (Å²) in [6.07, 6.45) is 1.55. The summed E-state index contributed by atoms with van der Waals surface area (Å²) in [5.74, 6) is 0. The Morgan fingerprint density at radius 2 is 1.30 bits per heavy atom. The molecule has 0 unspecified atom stereocenters. The molecule has 5 aromatic carbocycles. The molecule has 0 N–H and O–H groups in total. The number of hydrogen-bond acceptors (Lipinski definition) is 3. The first kappa shape index (κ1) is 26.0. The first-order valence-electron chi connectivity index (χ1n) is 15.0. The molecule has 2 heterocycles. The van der Waals surface area contributed by atoms with Crippen LogP contribution in [0.25, 0.3) is 22.1 Å². The van der Waals surface area contributed by atoms with Gasteiger partial charge < -0.3 is 9.32 Å². The van der Waals surface area contributed by atoms with E-state index in [1.165, 1.54) is 44.1 Å². The number of aryl methyl sites for hydroxylation is 2. The highest BCUT2D eigenvalue weighted by Gasteiger charge is 2.52. The van der Waals surface area contributed by atoms with Gasteiger partial charge in [0.2, 0.25) is 0 Å². The Kier molecular flexibility index (Phi) is 5.39. The molecule has 1 aliphatic heterocycles. The van der Waals surface area contributed by atoms with Gasteiger partial charge in [-0.3, -0.25) is 4.79 Å². The zero-order valence-corrected chi connectivity index (χ0v) is 26.2. The fraction of sp³-hybridized carbons (Fsp3) is 0.154. The van der Waals surface area contributed by atoms with E-state index in [-0.39, 0.29) is 5.43 Å². The Morgan fingerprint density at radius 3 is 1.98 bits per heavy atom. The van der Waals surface area contributed by atoms with E-state index in [1.54, 1.807) is 6.26 Å². The third-order valence-electron chi connectivity index (χ3n) is 9.44. The van der Waals surface area contributed by atoms with Crippen LogP contribution in [0.1, 0.15) is 33.4 Å². The van der Waals surface area contributed by atoms with Crippen molar-refractivity contribution in [3.63, 3.8) is 0 Å². The summed E-state index contributed by atoms with van der Waals surface area (Å²) in [4.78, 5) is 15.6. The number of rotatable bonds is 2. The van der Waals surface area contributed by atoms with E-state index >= 15 is 0 Å². The number of fused-ring (bicyclic) bond motifs is 10. The monoisotopic (exact) mass is 575 g/mol. The maximum atomic E-state index is 13.3. The molecule has 6 aromatic rings. The smallest absolute Gasteiger partial charge is 0.195 e. The first-order chi connectivity index (χ1) is 20.7. The number of anilines is 3. The van der Waals surface area contributed by atoms with Gasteiger partial charge in [0.15, 0.2) is 5.43 Å². The zero-order valence-electron chi connectivity index (χ0n) is 25.2. The molecule has 1 aliphatic carbocycles. The minimum Gasteiger partial charge on any atom is -0.464 e. The van der Waals surface area contributed by atoms with Crippen LogP contribution in [0.2, 0.25) is 19.6 Å². The predicted octanol–water partition coefficient (Wildman–Crippen LogP) is 9.10. The van der Waals surface area contributed by atoms with Crippen molar-refractivity contribution in [2.24, 2.45) is 0 Å². The van der Waals surface area contributed by atoms with Crippen LogP contribution in [0.3, 0.4) is 0 Å². The molecule has 1 aromatic heterocycles. The minimum absolute atomic E-state index is 0.00802. The van der Waals surface area contributed by atoms with E-state index in [9.17, 15) is 4.79 Å². The van der Waals surface area contributed by atoms with Gasteiger partial charge in [0.05, 0.1) is 36.5 Å². The van der Waals surface area contributed by atoms with Crippen LogP contribution in [-0.4, -0.2) is 8.07 Å². The summed E-state index contributed by atoms with van der Waals surface area (Å²) in [5.41, 5.74) is 13.0. The van der Waals surface area contributed by atoms with Crippen LogP contribution in [0.4, 0.5) is 17.1 Å². The van der Waals surface area contributed by atoms with Gasteiger partial charge in [-0.1, -0.05) is 103 Å². The maximum absolute atomic E-state index is 13.3. The molecule has 0 saturated carbocycles. The van der Waals surface area contributed by atoms with Crippen molar-refractivity contribution in [1.82, 2.24) is 0 Å². The number of hydrogen-bond donors (Lipinski definition) is 0. The quantitative estimate of drug-likeness (QED) is 0.193. The topological polar surface area (TPSA) is 33.5 Å². The summed E-state index contributed by atoms with van der Waals surface area (Å²) in [5, 5.41) is 2.03. The molecule has 0 radical (unpaired) electrons.